The van der Waals surface area contributed by atoms with E-state index in [1.807, 2.05) is 11.8 Å². The third kappa shape index (κ3) is 7.36. The molecule has 7 heteroatoms. The van der Waals surface area contributed by atoms with Crippen molar-refractivity contribution in [1.82, 2.24) is 15.5 Å². The molecule has 1 amide bonds. The Kier molecular flexibility index (Phi) is 11.1. The van der Waals surface area contributed by atoms with Crippen LogP contribution in [0.15, 0.2) is 0 Å². The van der Waals surface area contributed by atoms with E-state index in [4.69, 9.17) is 0 Å². The van der Waals surface area contributed by atoms with Crippen LogP contribution in [0.25, 0.3) is 0 Å². The Morgan fingerprint density at radius 2 is 2.05 bits per heavy atom. The molecule has 4 nitrogen and oxygen atoms in total. The average Bonchev–Trinajstić information content (AvgIpc) is 2.39. The molecule has 1 unspecified atom stereocenters. The second-order valence-electron chi connectivity index (χ2n) is 5.48. The first-order valence-corrected chi connectivity index (χ1v) is 8.16. The van der Waals surface area contributed by atoms with Crippen molar-refractivity contribution >= 4 is 42.5 Å². The average molecular weight is 344 g/mol. The van der Waals surface area contributed by atoms with Crippen LogP contribution < -0.4 is 10.6 Å². The topological polar surface area (TPSA) is 44.4 Å². The van der Waals surface area contributed by atoms with Gasteiger partial charge in [0.05, 0.1) is 0 Å². The number of carbonyl (C=O) groups excluding carboxylic acids is 1. The van der Waals surface area contributed by atoms with Gasteiger partial charge in [-0.25, -0.2) is 0 Å². The van der Waals surface area contributed by atoms with Gasteiger partial charge in [0.15, 0.2) is 0 Å². The van der Waals surface area contributed by atoms with Gasteiger partial charge in [-0.3, -0.25) is 4.79 Å². The van der Waals surface area contributed by atoms with Crippen molar-refractivity contribution in [3.63, 3.8) is 0 Å². The van der Waals surface area contributed by atoms with E-state index in [0.29, 0.717) is 18.4 Å². The van der Waals surface area contributed by atoms with Crippen molar-refractivity contribution in [2.45, 2.75) is 25.3 Å². The standard InChI is InChI=1S/C13H25N3OS.2ClH/c1-16-5-2-11(3-6-16)9-15-13(17)8-12-10-18-7-4-14-12;;/h11-12,14H,2-10H2,1H3,(H,15,17);2*1H. The maximum Gasteiger partial charge on any atom is 0.221 e. The summed E-state index contributed by atoms with van der Waals surface area (Å²) in [5.74, 6) is 3.14. The fourth-order valence-corrected chi connectivity index (χ4v) is 3.52. The lowest BCUT2D eigenvalue weighted by Gasteiger charge is -2.29. The van der Waals surface area contributed by atoms with E-state index >= 15 is 0 Å². The molecule has 0 radical (unpaired) electrons. The summed E-state index contributed by atoms with van der Waals surface area (Å²) in [6, 6.07) is 0.376. The highest BCUT2D eigenvalue weighted by Gasteiger charge is 2.19. The summed E-state index contributed by atoms with van der Waals surface area (Å²) >= 11 is 1.94. The quantitative estimate of drug-likeness (QED) is 0.809. The molecule has 0 aromatic heterocycles. The number of hydrogen-bond acceptors (Lipinski definition) is 4. The zero-order valence-corrected chi connectivity index (χ0v) is 14.5. The van der Waals surface area contributed by atoms with Crippen molar-refractivity contribution in [3.05, 3.63) is 0 Å². The van der Waals surface area contributed by atoms with Crippen LogP contribution >= 0.6 is 36.6 Å². The third-order valence-corrected chi connectivity index (χ3v) is 4.99. The maximum absolute atomic E-state index is 11.8. The normalized spacial score (nSPS) is 24.4. The first kappa shape index (κ1) is 20.3. The van der Waals surface area contributed by atoms with Crippen LogP contribution in [-0.4, -0.2) is 61.6 Å². The molecule has 20 heavy (non-hydrogen) atoms. The predicted molar refractivity (Wildman–Crippen MR) is 91.5 cm³/mol. The fourth-order valence-electron chi connectivity index (χ4n) is 2.57. The maximum atomic E-state index is 11.8. The van der Waals surface area contributed by atoms with Gasteiger partial charge < -0.3 is 15.5 Å². The minimum atomic E-state index is 0. The van der Waals surface area contributed by atoms with Gasteiger partial charge in [-0.2, -0.15) is 11.8 Å². The van der Waals surface area contributed by atoms with E-state index in [1.54, 1.807) is 0 Å². The molecule has 2 fully saturated rings. The summed E-state index contributed by atoms with van der Waals surface area (Å²) in [6.45, 7) is 4.24. The molecule has 0 aliphatic carbocycles. The van der Waals surface area contributed by atoms with E-state index in [2.05, 4.69) is 22.6 Å². The number of halogens is 2. The number of nitrogens with zero attached hydrogens (tertiary/aromatic N) is 1. The van der Waals surface area contributed by atoms with Crippen LogP contribution in [0.5, 0.6) is 0 Å². The third-order valence-electron chi connectivity index (χ3n) is 3.86. The number of likely N-dealkylation sites (tertiary alicyclic amines) is 1. The zero-order valence-electron chi connectivity index (χ0n) is 12.1. The SMILES string of the molecule is CN1CCC(CNC(=O)CC2CSCCN2)CC1.Cl.Cl. The second-order valence-corrected chi connectivity index (χ2v) is 6.63. The lowest BCUT2D eigenvalue weighted by molar-refractivity contribution is -0.121. The molecule has 0 bridgehead atoms. The predicted octanol–water partition coefficient (Wildman–Crippen LogP) is 1.38. The summed E-state index contributed by atoms with van der Waals surface area (Å²) in [7, 11) is 2.17. The van der Waals surface area contributed by atoms with E-state index in [1.165, 1.54) is 31.7 Å². The monoisotopic (exact) mass is 343 g/mol. The number of nitrogens with one attached hydrogen (secondary N) is 2. The van der Waals surface area contributed by atoms with Gasteiger partial charge in [-0.15, -0.1) is 24.8 Å². The molecule has 2 heterocycles. The van der Waals surface area contributed by atoms with Crippen LogP contribution in [-0.2, 0) is 4.79 Å². The first-order chi connectivity index (χ1) is 8.74. The number of carbonyl (C=O) groups is 1. The number of amides is 1. The lowest BCUT2D eigenvalue weighted by atomic mass is 9.97. The van der Waals surface area contributed by atoms with E-state index in [9.17, 15) is 4.79 Å². The van der Waals surface area contributed by atoms with Crippen LogP contribution in [0.4, 0.5) is 0 Å². The van der Waals surface area contributed by atoms with Gasteiger partial charge in [-0.05, 0) is 38.9 Å². The van der Waals surface area contributed by atoms with Crippen LogP contribution in [0.1, 0.15) is 19.3 Å². The van der Waals surface area contributed by atoms with Crippen LogP contribution in [0.3, 0.4) is 0 Å². The summed E-state index contributed by atoms with van der Waals surface area (Å²) < 4.78 is 0. The van der Waals surface area contributed by atoms with E-state index < -0.39 is 0 Å². The minimum Gasteiger partial charge on any atom is -0.356 e. The first-order valence-electron chi connectivity index (χ1n) is 7.00. The molecule has 0 aromatic carbocycles. The Labute approximate surface area is 139 Å². The molecule has 2 aliphatic heterocycles. The van der Waals surface area contributed by atoms with Crippen molar-refractivity contribution in [3.8, 4) is 0 Å². The zero-order chi connectivity index (χ0) is 12.8. The Bertz CT molecular complexity index is 270. The Morgan fingerprint density at radius 3 is 2.65 bits per heavy atom. The van der Waals surface area contributed by atoms with Crippen molar-refractivity contribution in [2.24, 2.45) is 5.92 Å². The minimum absolute atomic E-state index is 0. The highest BCUT2D eigenvalue weighted by atomic mass is 35.5. The molecular weight excluding hydrogens is 317 g/mol. The molecule has 0 saturated carbocycles. The molecular formula is C13H27Cl2N3OS. The Hall–Kier alpha value is 0.320. The summed E-state index contributed by atoms with van der Waals surface area (Å²) in [5, 5.41) is 6.51. The van der Waals surface area contributed by atoms with Gasteiger partial charge in [0.2, 0.25) is 5.91 Å². The van der Waals surface area contributed by atoms with Crippen LogP contribution in [0.2, 0.25) is 0 Å². The van der Waals surface area contributed by atoms with E-state index in [-0.39, 0.29) is 30.7 Å². The van der Waals surface area contributed by atoms with Gasteiger partial charge in [0, 0.05) is 37.1 Å². The van der Waals surface area contributed by atoms with Crippen molar-refractivity contribution < 1.29 is 4.79 Å². The fraction of sp³-hybridized carbons (Fsp3) is 0.923. The van der Waals surface area contributed by atoms with Crippen LogP contribution in [0, 0.1) is 5.92 Å². The molecule has 0 aromatic rings. The molecule has 2 N–H and O–H groups in total. The molecule has 2 saturated heterocycles. The van der Waals surface area contributed by atoms with Gasteiger partial charge >= 0.3 is 0 Å². The van der Waals surface area contributed by atoms with Gasteiger partial charge in [-0.1, -0.05) is 0 Å². The Morgan fingerprint density at radius 1 is 1.35 bits per heavy atom. The number of rotatable bonds is 4. The second kappa shape index (κ2) is 11.0. The van der Waals surface area contributed by atoms with E-state index in [0.717, 1.165) is 18.8 Å². The molecule has 1 atom stereocenters. The Balaban J connectivity index is 0.00000180. The number of piperidine rings is 1. The highest BCUT2D eigenvalue weighted by molar-refractivity contribution is 7.99. The highest BCUT2D eigenvalue weighted by Crippen LogP contribution is 2.15. The van der Waals surface area contributed by atoms with Gasteiger partial charge in [0.1, 0.15) is 0 Å². The summed E-state index contributed by atoms with van der Waals surface area (Å²) in [4.78, 5) is 14.2. The van der Waals surface area contributed by atoms with Crippen molar-refractivity contribution in [2.75, 3.05) is 44.7 Å². The number of thioether (sulfide) groups is 1. The number of hydrogen-bond donors (Lipinski definition) is 2. The molecule has 120 valence electrons. The van der Waals surface area contributed by atoms with Crippen molar-refractivity contribution in [1.29, 1.82) is 0 Å². The molecule has 2 aliphatic rings. The smallest absolute Gasteiger partial charge is 0.221 e. The molecule has 0 spiro atoms. The van der Waals surface area contributed by atoms with Gasteiger partial charge in [0.25, 0.3) is 0 Å². The summed E-state index contributed by atoms with van der Waals surface area (Å²) in [5.41, 5.74) is 0. The summed E-state index contributed by atoms with van der Waals surface area (Å²) in [6.07, 6.45) is 3.07. The lowest BCUT2D eigenvalue weighted by Crippen LogP contribution is -2.42. The molecule has 2 rings (SSSR count). The largest absolute Gasteiger partial charge is 0.356 e.